The van der Waals surface area contributed by atoms with Crippen LogP contribution in [0.4, 0.5) is 10.1 Å². The third kappa shape index (κ3) is 14.3. The molecule has 2 aromatic rings. The molecule has 1 aliphatic rings. The second-order valence-electron chi connectivity index (χ2n) is 16.8. The van der Waals surface area contributed by atoms with Gasteiger partial charge in [-0.2, -0.15) is 0 Å². The molecule has 0 aliphatic carbocycles. The van der Waals surface area contributed by atoms with Crippen molar-refractivity contribution in [1.82, 2.24) is 25.8 Å². The van der Waals surface area contributed by atoms with Crippen LogP contribution in [0, 0.1) is 23.1 Å². The van der Waals surface area contributed by atoms with Crippen molar-refractivity contribution in [3.8, 4) is 0 Å². The molecule has 324 valence electrons. The topological polar surface area (TPSA) is 193 Å². The number of carboxylic acid groups (broad SMARTS) is 1. The Morgan fingerprint density at radius 1 is 1.10 bits per heavy atom. The van der Waals surface area contributed by atoms with E-state index in [2.05, 4.69) is 27.9 Å². The third-order valence-corrected chi connectivity index (χ3v) is 12.1. The summed E-state index contributed by atoms with van der Waals surface area (Å²) in [5, 5.41) is 21.1. The van der Waals surface area contributed by atoms with Crippen LogP contribution in [0.2, 0.25) is 0 Å². The van der Waals surface area contributed by atoms with Gasteiger partial charge in [0.2, 0.25) is 11.8 Å². The number of thiazole rings is 1. The third-order valence-electron chi connectivity index (χ3n) is 11.1. The summed E-state index contributed by atoms with van der Waals surface area (Å²) in [6, 6.07) is 2.10. The quantitative estimate of drug-likeness (QED) is 0.0452. The summed E-state index contributed by atoms with van der Waals surface area (Å²) in [5.74, 6) is -3.35. The smallest absolute Gasteiger partial charge is 0.309 e. The number of rotatable bonds is 23. The SMILES string of the molecule is CCCCCCN(C(=O)[C@@H](NC(=O)C1CCCCN1)[C@@H](C)CC)[C@H](C[C@@H](OC(C)=O)c1nc(C(=O)N[C@@H](Cc2ccc(N)c(F)c2)CC(C)(C)C(=O)O)cs1)C(C)C. The van der Waals surface area contributed by atoms with Gasteiger partial charge in [0, 0.05) is 37.4 Å². The molecular weight excluding hydrogens is 764 g/mol. The second-order valence-corrected chi connectivity index (χ2v) is 17.7. The molecule has 1 saturated heterocycles. The van der Waals surface area contributed by atoms with Crippen LogP contribution in [-0.2, 0) is 30.3 Å². The van der Waals surface area contributed by atoms with Gasteiger partial charge in [0.05, 0.1) is 17.1 Å². The second kappa shape index (κ2) is 22.9. The maximum atomic E-state index is 14.8. The maximum absolute atomic E-state index is 14.8. The number of nitrogen functional groups attached to an aromatic ring is 1. The van der Waals surface area contributed by atoms with E-state index < -0.39 is 53.3 Å². The molecule has 58 heavy (non-hydrogen) atoms. The fraction of sp³-hybridized carbons (Fsp3) is 0.674. The number of unbranched alkanes of at least 4 members (excludes halogenated alkanes) is 3. The highest BCUT2D eigenvalue weighted by Gasteiger charge is 2.38. The van der Waals surface area contributed by atoms with Crippen LogP contribution < -0.4 is 21.7 Å². The van der Waals surface area contributed by atoms with Gasteiger partial charge < -0.3 is 36.4 Å². The summed E-state index contributed by atoms with van der Waals surface area (Å²) >= 11 is 1.14. The van der Waals surface area contributed by atoms with E-state index in [1.807, 2.05) is 32.6 Å². The number of benzene rings is 1. The average Bonchev–Trinajstić information content (AvgIpc) is 3.67. The highest BCUT2D eigenvalue weighted by Crippen LogP contribution is 2.32. The van der Waals surface area contributed by atoms with Crippen molar-refractivity contribution >= 4 is 46.7 Å². The summed E-state index contributed by atoms with van der Waals surface area (Å²) in [6.07, 6.45) is 6.54. The molecule has 1 aromatic heterocycles. The summed E-state index contributed by atoms with van der Waals surface area (Å²) in [4.78, 5) is 73.1. The first-order valence-electron chi connectivity index (χ1n) is 20.9. The number of aliphatic carboxylic acids is 1. The summed E-state index contributed by atoms with van der Waals surface area (Å²) in [7, 11) is 0. The number of carbonyl (C=O) groups is 5. The molecule has 0 saturated carbocycles. The van der Waals surface area contributed by atoms with E-state index >= 15 is 0 Å². The average molecular weight is 831 g/mol. The van der Waals surface area contributed by atoms with Crippen LogP contribution >= 0.6 is 11.3 Å². The van der Waals surface area contributed by atoms with Gasteiger partial charge in [-0.05, 0) is 82.0 Å². The number of nitrogens with two attached hydrogens (primary N) is 1. The van der Waals surface area contributed by atoms with E-state index in [9.17, 15) is 33.5 Å². The Hall–Kier alpha value is -4.11. The Bertz CT molecular complexity index is 1680. The normalized spacial score (nSPS) is 17.1. The minimum absolute atomic E-state index is 0.0227. The molecule has 3 rings (SSSR count). The van der Waals surface area contributed by atoms with Crippen LogP contribution in [0.5, 0.6) is 0 Å². The van der Waals surface area contributed by atoms with E-state index in [1.54, 1.807) is 25.3 Å². The van der Waals surface area contributed by atoms with Gasteiger partial charge in [-0.1, -0.05) is 72.8 Å². The predicted octanol–water partition coefficient (Wildman–Crippen LogP) is 6.81. The molecule has 6 atom stereocenters. The standard InChI is InChI=1S/C43H67FN6O7S/c1-9-11-12-15-20-50(41(54)37(27(5)10-2)49-38(52)33-16-13-14-19-46-33)35(26(3)4)23-36(57-28(6)51)40-48-34(25-58-40)39(53)47-30(24-43(7,8)42(55)56)21-29-17-18-32(45)31(44)22-29/h17-18,22,25-27,30,33,35-37,46H,9-16,19-21,23-24,45H2,1-8H3,(H,47,53)(H,49,52)(H,55,56)/t27-,30-,33?,35+,36+,37-/m0/s1. The van der Waals surface area contributed by atoms with E-state index in [-0.39, 0.29) is 60.3 Å². The highest BCUT2D eigenvalue weighted by atomic mass is 32.1. The number of halogens is 1. The largest absolute Gasteiger partial charge is 0.481 e. The van der Waals surface area contributed by atoms with E-state index in [0.29, 0.717) is 30.0 Å². The Labute approximate surface area is 347 Å². The fourth-order valence-electron chi connectivity index (χ4n) is 7.38. The number of piperidine rings is 1. The number of amides is 3. The fourth-order valence-corrected chi connectivity index (χ4v) is 8.22. The first-order chi connectivity index (χ1) is 27.4. The summed E-state index contributed by atoms with van der Waals surface area (Å²) < 4.78 is 20.2. The van der Waals surface area contributed by atoms with Gasteiger partial charge in [0.15, 0.2) is 6.10 Å². The lowest BCUT2D eigenvalue weighted by atomic mass is 9.84. The molecule has 1 aliphatic heterocycles. The van der Waals surface area contributed by atoms with Crippen molar-refractivity contribution in [2.24, 2.45) is 17.3 Å². The molecule has 1 fully saturated rings. The molecule has 0 bridgehead atoms. The van der Waals surface area contributed by atoms with E-state index in [0.717, 1.165) is 56.4 Å². The molecule has 2 heterocycles. The Morgan fingerprint density at radius 2 is 1.83 bits per heavy atom. The van der Waals surface area contributed by atoms with Crippen LogP contribution in [0.1, 0.15) is 147 Å². The number of nitrogens with zero attached hydrogens (tertiary/aromatic N) is 2. The Kier molecular flexibility index (Phi) is 19.0. The van der Waals surface area contributed by atoms with E-state index in [1.165, 1.54) is 19.1 Å². The summed E-state index contributed by atoms with van der Waals surface area (Å²) in [5.41, 5.74) is 5.00. The molecule has 6 N–H and O–H groups in total. The first-order valence-corrected chi connectivity index (χ1v) is 21.8. The number of esters is 1. The Morgan fingerprint density at radius 3 is 2.41 bits per heavy atom. The first kappa shape index (κ1) is 48.3. The predicted molar refractivity (Wildman–Crippen MR) is 225 cm³/mol. The number of nitrogens with one attached hydrogen (secondary N) is 3. The molecule has 1 aromatic carbocycles. The minimum Gasteiger partial charge on any atom is -0.481 e. The Balaban J connectivity index is 1.94. The number of hydrogen-bond donors (Lipinski definition) is 5. The van der Waals surface area contributed by atoms with Crippen LogP contribution in [0.3, 0.4) is 0 Å². The lowest BCUT2D eigenvalue weighted by Gasteiger charge is -2.40. The number of ether oxygens (including phenoxy) is 1. The summed E-state index contributed by atoms with van der Waals surface area (Å²) in [6.45, 7) is 15.7. The molecule has 0 spiro atoms. The molecule has 1 unspecified atom stereocenters. The van der Waals surface area contributed by atoms with Crippen molar-refractivity contribution in [3.63, 3.8) is 0 Å². The van der Waals surface area contributed by atoms with Crippen molar-refractivity contribution < 1.29 is 38.2 Å². The van der Waals surface area contributed by atoms with Crippen LogP contribution in [0.15, 0.2) is 23.6 Å². The number of aromatic nitrogens is 1. The lowest BCUT2D eigenvalue weighted by molar-refractivity contribution is -0.150. The molecule has 13 nitrogen and oxygen atoms in total. The zero-order valence-corrected chi connectivity index (χ0v) is 36.5. The molecule has 15 heteroatoms. The van der Waals surface area contributed by atoms with Crippen molar-refractivity contribution in [2.45, 2.75) is 156 Å². The van der Waals surface area contributed by atoms with Crippen molar-refractivity contribution in [2.75, 3.05) is 18.8 Å². The zero-order chi connectivity index (χ0) is 43.2. The molecule has 0 radical (unpaired) electrons. The van der Waals surface area contributed by atoms with Gasteiger partial charge in [-0.15, -0.1) is 11.3 Å². The number of carbonyl (C=O) groups excluding carboxylic acids is 4. The van der Waals surface area contributed by atoms with E-state index in [4.69, 9.17) is 10.5 Å². The highest BCUT2D eigenvalue weighted by molar-refractivity contribution is 7.09. The number of carboxylic acids is 1. The zero-order valence-electron chi connectivity index (χ0n) is 35.7. The van der Waals surface area contributed by atoms with Gasteiger partial charge in [0.1, 0.15) is 22.6 Å². The van der Waals surface area contributed by atoms with Crippen molar-refractivity contribution in [1.29, 1.82) is 0 Å². The molecular formula is C43H67FN6O7S. The van der Waals surface area contributed by atoms with Crippen LogP contribution in [0.25, 0.3) is 0 Å². The monoisotopic (exact) mass is 830 g/mol. The lowest BCUT2D eigenvalue weighted by Crippen LogP contribution is -2.58. The van der Waals surface area contributed by atoms with Gasteiger partial charge in [-0.25, -0.2) is 9.37 Å². The number of anilines is 1. The minimum atomic E-state index is -1.22. The maximum Gasteiger partial charge on any atom is 0.309 e. The van der Waals surface area contributed by atoms with Gasteiger partial charge in [0.25, 0.3) is 5.91 Å². The van der Waals surface area contributed by atoms with Crippen LogP contribution in [-0.4, -0.2) is 81.9 Å². The molecule has 3 amide bonds. The van der Waals surface area contributed by atoms with Gasteiger partial charge >= 0.3 is 11.9 Å². The number of hydrogen-bond acceptors (Lipinski definition) is 10. The van der Waals surface area contributed by atoms with Crippen molar-refractivity contribution in [3.05, 3.63) is 45.7 Å². The van der Waals surface area contributed by atoms with Gasteiger partial charge in [-0.3, -0.25) is 24.0 Å².